The van der Waals surface area contributed by atoms with Crippen LogP contribution in [0.4, 0.5) is 4.39 Å². The molecule has 0 atom stereocenters. The maximum atomic E-state index is 13.2. The summed E-state index contributed by atoms with van der Waals surface area (Å²) in [5.41, 5.74) is 0.687. The zero-order chi connectivity index (χ0) is 15.2. The highest BCUT2D eigenvalue weighted by atomic mass is 79.9. The average molecular weight is 416 g/mol. The Kier molecular flexibility index (Phi) is 5.94. The molecule has 0 aliphatic rings. The van der Waals surface area contributed by atoms with Gasteiger partial charge in [0.05, 0.1) is 6.61 Å². The number of ketones is 1. The van der Waals surface area contributed by atoms with E-state index in [-0.39, 0.29) is 11.6 Å². The summed E-state index contributed by atoms with van der Waals surface area (Å²) in [6.45, 7) is 0.373. The molecule has 2 rings (SSSR count). The third-order valence-corrected chi connectivity index (χ3v) is 3.81. The van der Waals surface area contributed by atoms with Crippen molar-refractivity contribution in [3.05, 3.63) is 62.8 Å². The van der Waals surface area contributed by atoms with Gasteiger partial charge in [0.2, 0.25) is 0 Å². The lowest BCUT2D eigenvalue weighted by Crippen LogP contribution is -2.04. The normalized spacial score (nSPS) is 10.4. The fourth-order valence-corrected chi connectivity index (χ4v) is 2.52. The Balaban J connectivity index is 1.79. The van der Waals surface area contributed by atoms with Crippen molar-refractivity contribution in [2.45, 2.75) is 12.8 Å². The summed E-state index contributed by atoms with van der Waals surface area (Å²) in [5.74, 6) is 0.176. The molecule has 2 aromatic carbocycles. The third-order valence-electron chi connectivity index (χ3n) is 2.82. The minimum atomic E-state index is -0.356. The molecule has 0 unspecified atom stereocenters. The highest BCUT2D eigenvalue weighted by Crippen LogP contribution is 2.21. The molecule has 0 radical (unpaired) electrons. The lowest BCUT2D eigenvalue weighted by Gasteiger charge is -2.07. The minimum Gasteiger partial charge on any atom is -0.493 e. The molecule has 0 aromatic heterocycles. The van der Waals surface area contributed by atoms with Crippen LogP contribution >= 0.6 is 31.9 Å². The SMILES string of the molecule is O=C(CCCOc1cc(F)cc(Br)c1)c1ccc(Br)cc1. The molecule has 0 saturated heterocycles. The number of carbonyl (C=O) groups is 1. The molecular weight excluding hydrogens is 403 g/mol. The second kappa shape index (κ2) is 7.71. The van der Waals surface area contributed by atoms with Crippen molar-refractivity contribution in [2.24, 2.45) is 0 Å². The lowest BCUT2D eigenvalue weighted by atomic mass is 10.1. The van der Waals surface area contributed by atoms with Gasteiger partial charge in [-0.05, 0) is 30.7 Å². The minimum absolute atomic E-state index is 0.0755. The van der Waals surface area contributed by atoms with Gasteiger partial charge in [-0.25, -0.2) is 4.39 Å². The van der Waals surface area contributed by atoms with Gasteiger partial charge in [-0.2, -0.15) is 0 Å². The average Bonchev–Trinajstić information content (AvgIpc) is 2.43. The standard InChI is InChI=1S/C16H13Br2FO2/c17-12-5-3-11(4-6-12)16(20)2-1-7-21-15-9-13(18)8-14(19)10-15/h3-6,8-10H,1-2,7H2. The summed E-state index contributed by atoms with van der Waals surface area (Å²) in [4.78, 5) is 11.9. The van der Waals surface area contributed by atoms with Crippen LogP contribution in [0.5, 0.6) is 5.75 Å². The Bertz CT molecular complexity index is 606. The molecule has 0 spiro atoms. The van der Waals surface area contributed by atoms with E-state index in [4.69, 9.17) is 4.74 Å². The summed E-state index contributed by atoms with van der Waals surface area (Å²) in [5, 5.41) is 0. The summed E-state index contributed by atoms with van der Waals surface area (Å²) in [7, 11) is 0. The smallest absolute Gasteiger partial charge is 0.163 e. The van der Waals surface area contributed by atoms with E-state index < -0.39 is 0 Å². The van der Waals surface area contributed by atoms with Crippen LogP contribution in [0.25, 0.3) is 0 Å². The number of carbonyl (C=O) groups excluding carboxylic acids is 1. The van der Waals surface area contributed by atoms with Crippen LogP contribution in [-0.4, -0.2) is 12.4 Å². The van der Waals surface area contributed by atoms with E-state index in [0.29, 0.717) is 35.2 Å². The van der Waals surface area contributed by atoms with Crippen molar-refractivity contribution < 1.29 is 13.9 Å². The lowest BCUT2D eigenvalue weighted by molar-refractivity contribution is 0.0973. The number of rotatable bonds is 6. The molecule has 0 fully saturated rings. The van der Waals surface area contributed by atoms with E-state index in [1.165, 1.54) is 12.1 Å². The van der Waals surface area contributed by atoms with Crippen LogP contribution in [0.2, 0.25) is 0 Å². The molecule has 5 heteroatoms. The maximum Gasteiger partial charge on any atom is 0.163 e. The Morgan fingerprint density at radius 3 is 2.43 bits per heavy atom. The molecule has 0 N–H and O–H groups in total. The van der Waals surface area contributed by atoms with Gasteiger partial charge in [0.25, 0.3) is 0 Å². The zero-order valence-corrected chi connectivity index (χ0v) is 14.3. The Labute approximate surface area is 139 Å². The third kappa shape index (κ3) is 5.25. The molecular formula is C16H13Br2FO2. The van der Waals surface area contributed by atoms with Gasteiger partial charge in [-0.1, -0.05) is 44.0 Å². The van der Waals surface area contributed by atoms with Crippen molar-refractivity contribution in [2.75, 3.05) is 6.61 Å². The first kappa shape index (κ1) is 16.2. The van der Waals surface area contributed by atoms with Crippen LogP contribution in [0.3, 0.4) is 0 Å². The molecule has 110 valence electrons. The predicted octanol–water partition coefficient (Wildman–Crippen LogP) is 5.39. The first-order valence-electron chi connectivity index (χ1n) is 6.42. The molecule has 0 aliphatic heterocycles. The highest BCUT2D eigenvalue weighted by molar-refractivity contribution is 9.10. The quantitative estimate of drug-likeness (QED) is 0.466. The van der Waals surface area contributed by atoms with Crippen LogP contribution in [0, 0.1) is 5.82 Å². The fraction of sp³-hybridized carbons (Fsp3) is 0.188. The van der Waals surface area contributed by atoms with E-state index in [0.717, 1.165) is 4.47 Å². The highest BCUT2D eigenvalue weighted by Gasteiger charge is 2.06. The Morgan fingerprint density at radius 1 is 1.05 bits per heavy atom. The molecule has 2 aromatic rings. The van der Waals surface area contributed by atoms with Crippen LogP contribution in [0.15, 0.2) is 51.4 Å². The second-order valence-electron chi connectivity index (χ2n) is 4.49. The number of benzene rings is 2. The number of ether oxygens (including phenoxy) is 1. The number of hydrogen-bond donors (Lipinski definition) is 0. The molecule has 0 saturated carbocycles. The Hall–Kier alpha value is -1.20. The second-order valence-corrected chi connectivity index (χ2v) is 6.32. The van der Waals surface area contributed by atoms with Crippen molar-refractivity contribution in [1.82, 2.24) is 0 Å². The van der Waals surface area contributed by atoms with Crippen LogP contribution < -0.4 is 4.74 Å². The van der Waals surface area contributed by atoms with E-state index in [9.17, 15) is 9.18 Å². The van der Waals surface area contributed by atoms with Crippen molar-refractivity contribution >= 4 is 37.6 Å². The molecule has 0 aliphatic carbocycles. The number of halogens is 3. The van der Waals surface area contributed by atoms with Gasteiger partial charge in [-0.15, -0.1) is 0 Å². The predicted molar refractivity (Wildman–Crippen MR) is 87.3 cm³/mol. The first-order chi connectivity index (χ1) is 10.0. The first-order valence-corrected chi connectivity index (χ1v) is 8.01. The Morgan fingerprint density at radius 2 is 1.76 bits per heavy atom. The summed E-state index contributed by atoms with van der Waals surface area (Å²) < 4.78 is 20.2. The van der Waals surface area contributed by atoms with Crippen LogP contribution in [-0.2, 0) is 0 Å². The summed E-state index contributed by atoms with van der Waals surface area (Å²) in [6.07, 6.45) is 0.987. The number of hydrogen-bond acceptors (Lipinski definition) is 2. The van der Waals surface area contributed by atoms with Crippen molar-refractivity contribution in [3.8, 4) is 5.75 Å². The van der Waals surface area contributed by atoms with Gasteiger partial charge in [0.1, 0.15) is 11.6 Å². The zero-order valence-electron chi connectivity index (χ0n) is 11.1. The van der Waals surface area contributed by atoms with Gasteiger partial charge < -0.3 is 4.74 Å². The summed E-state index contributed by atoms with van der Waals surface area (Å²) >= 11 is 6.53. The van der Waals surface area contributed by atoms with Gasteiger partial charge in [0.15, 0.2) is 5.78 Å². The van der Waals surface area contributed by atoms with E-state index in [1.807, 2.05) is 12.1 Å². The number of Topliss-reactive ketones (excluding diaryl/α,β-unsaturated/α-hetero) is 1. The molecule has 0 bridgehead atoms. The topological polar surface area (TPSA) is 26.3 Å². The molecule has 0 amide bonds. The van der Waals surface area contributed by atoms with E-state index >= 15 is 0 Å². The molecule has 0 heterocycles. The fourth-order valence-electron chi connectivity index (χ4n) is 1.81. The van der Waals surface area contributed by atoms with Crippen molar-refractivity contribution in [3.63, 3.8) is 0 Å². The van der Waals surface area contributed by atoms with Crippen LogP contribution in [0.1, 0.15) is 23.2 Å². The molecule has 2 nitrogen and oxygen atoms in total. The van der Waals surface area contributed by atoms with Gasteiger partial charge in [0, 0.05) is 27.0 Å². The monoisotopic (exact) mass is 414 g/mol. The maximum absolute atomic E-state index is 13.2. The van der Waals surface area contributed by atoms with Crippen molar-refractivity contribution in [1.29, 1.82) is 0 Å². The molecule has 21 heavy (non-hydrogen) atoms. The summed E-state index contributed by atoms with van der Waals surface area (Å²) in [6, 6.07) is 11.6. The van der Waals surface area contributed by atoms with Gasteiger partial charge in [-0.3, -0.25) is 4.79 Å². The van der Waals surface area contributed by atoms with E-state index in [2.05, 4.69) is 31.9 Å². The largest absolute Gasteiger partial charge is 0.493 e. The van der Waals surface area contributed by atoms with Gasteiger partial charge >= 0.3 is 0 Å². The van der Waals surface area contributed by atoms with E-state index in [1.54, 1.807) is 18.2 Å².